The van der Waals surface area contributed by atoms with E-state index in [1.54, 1.807) is 6.07 Å². The number of anilines is 1. The van der Waals surface area contributed by atoms with Gasteiger partial charge < -0.3 is 10.5 Å². The summed E-state index contributed by atoms with van der Waals surface area (Å²) in [6.45, 7) is 0. The summed E-state index contributed by atoms with van der Waals surface area (Å²) in [5.41, 5.74) is 7.52. The van der Waals surface area contributed by atoms with Crippen molar-refractivity contribution in [3.05, 3.63) is 23.4 Å². The molecule has 0 aromatic carbocycles. The van der Waals surface area contributed by atoms with E-state index in [0.717, 1.165) is 30.5 Å². The van der Waals surface area contributed by atoms with E-state index in [1.165, 1.54) is 7.11 Å². The van der Waals surface area contributed by atoms with Gasteiger partial charge in [0.05, 0.1) is 13.0 Å². The molecule has 1 aliphatic carbocycles. The molecule has 1 atom stereocenters. The number of ether oxygens (including phenoxy) is 1. The number of hydrogen-bond acceptors (Lipinski definition) is 4. The average Bonchev–Trinajstić information content (AvgIpc) is 2.26. The van der Waals surface area contributed by atoms with Gasteiger partial charge in [-0.15, -0.1) is 0 Å². The maximum absolute atomic E-state index is 11.5. The van der Waals surface area contributed by atoms with Gasteiger partial charge in [0.15, 0.2) is 0 Å². The third-order valence-corrected chi connectivity index (χ3v) is 2.80. The van der Waals surface area contributed by atoms with Crippen LogP contribution in [0.5, 0.6) is 0 Å². The van der Waals surface area contributed by atoms with E-state index in [1.807, 2.05) is 6.07 Å². The fourth-order valence-corrected chi connectivity index (χ4v) is 2.06. The molecule has 0 amide bonds. The van der Waals surface area contributed by atoms with Gasteiger partial charge in [0, 0.05) is 5.69 Å². The molecular formula is C11H14N2O2. The quantitative estimate of drug-likeness (QED) is 0.702. The van der Waals surface area contributed by atoms with Crippen LogP contribution in [-0.4, -0.2) is 18.1 Å². The summed E-state index contributed by atoms with van der Waals surface area (Å²) in [4.78, 5) is 15.8. The highest BCUT2D eigenvalue weighted by Gasteiger charge is 2.27. The van der Waals surface area contributed by atoms with E-state index in [-0.39, 0.29) is 11.9 Å². The minimum absolute atomic E-state index is 0.160. The Bertz CT molecular complexity index is 390. The molecule has 0 saturated heterocycles. The van der Waals surface area contributed by atoms with Crippen molar-refractivity contribution in [1.29, 1.82) is 0 Å². The van der Waals surface area contributed by atoms with Gasteiger partial charge >= 0.3 is 5.97 Å². The van der Waals surface area contributed by atoms with Crippen LogP contribution in [0.15, 0.2) is 12.1 Å². The lowest BCUT2D eigenvalue weighted by Gasteiger charge is -2.22. The molecule has 0 unspecified atom stereocenters. The first-order valence-electron chi connectivity index (χ1n) is 5.05. The number of nitrogens with two attached hydrogens (primary N) is 1. The van der Waals surface area contributed by atoms with Crippen LogP contribution in [0.25, 0.3) is 0 Å². The van der Waals surface area contributed by atoms with Gasteiger partial charge in [-0.3, -0.25) is 4.79 Å². The molecule has 0 aliphatic heterocycles. The fraction of sp³-hybridized carbons (Fsp3) is 0.455. The number of esters is 1. The molecule has 0 bridgehead atoms. The molecule has 80 valence electrons. The van der Waals surface area contributed by atoms with E-state index < -0.39 is 0 Å². The second-order valence-electron chi connectivity index (χ2n) is 3.74. The second-order valence-corrected chi connectivity index (χ2v) is 3.74. The summed E-state index contributed by atoms with van der Waals surface area (Å²) in [5, 5.41) is 0. The van der Waals surface area contributed by atoms with E-state index >= 15 is 0 Å². The van der Waals surface area contributed by atoms with Crippen molar-refractivity contribution >= 4 is 11.8 Å². The van der Waals surface area contributed by atoms with Crippen LogP contribution in [0, 0.1) is 0 Å². The highest BCUT2D eigenvalue weighted by molar-refractivity contribution is 5.78. The van der Waals surface area contributed by atoms with Crippen molar-refractivity contribution in [2.75, 3.05) is 12.8 Å². The van der Waals surface area contributed by atoms with Gasteiger partial charge in [-0.25, -0.2) is 4.98 Å². The highest BCUT2D eigenvalue weighted by atomic mass is 16.5. The van der Waals surface area contributed by atoms with Crippen LogP contribution < -0.4 is 5.73 Å². The summed E-state index contributed by atoms with van der Waals surface area (Å²) < 4.78 is 4.78. The fourth-order valence-electron chi connectivity index (χ4n) is 2.06. The van der Waals surface area contributed by atoms with Crippen molar-refractivity contribution in [3.63, 3.8) is 0 Å². The molecule has 4 nitrogen and oxygen atoms in total. The standard InChI is InChI=1S/C11H14N2O2/c1-15-11(14)8-3-2-4-9-7(8)5-6-10(12)13-9/h5-6,8H,2-4H2,1H3,(H2,12,13)/t8-/m0/s1. The first-order chi connectivity index (χ1) is 7.22. The molecule has 0 spiro atoms. The van der Waals surface area contributed by atoms with Gasteiger partial charge in [-0.2, -0.15) is 0 Å². The molecular weight excluding hydrogens is 192 g/mol. The van der Waals surface area contributed by atoms with Crippen molar-refractivity contribution in [3.8, 4) is 0 Å². The Morgan fingerprint density at radius 1 is 1.60 bits per heavy atom. The molecule has 0 radical (unpaired) electrons. The van der Waals surface area contributed by atoms with Crippen LogP contribution in [0.3, 0.4) is 0 Å². The minimum Gasteiger partial charge on any atom is -0.469 e. The number of fused-ring (bicyclic) bond motifs is 1. The molecule has 2 rings (SSSR count). The molecule has 0 saturated carbocycles. The molecule has 15 heavy (non-hydrogen) atoms. The third kappa shape index (κ3) is 1.79. The van der Waals surface area contributed by atoms with Gasteiger partial charge in [0.2, 0.25) is 0 Å². The zero-order chi connectivity index (χ0) is 10.8. The SMILES string of the molecule is COC(=O)[C@H]1CCCc2nc(N)ccc21. The predicted octanol–water partition coefficient (Wildman–Crippen LogP) is 1.26. The Morgan fingerprint density at radius 2 is 2.40 bits per heavy atom. The van der Waals surface area contributed by atoms with Crippen molar-refractivity contribution in [2.24, 2.45) is 0 Å². The smallest absolute Gasteiger partial charge is 0.313 e. The number of hydrogen-bond donors (Lipinski definition) is 1. The molecule has 4 heteroatoms. The lowest BCUT2D eigenvalue weighted by molar-refractivity contribution is -0.142. The Balaban J connectivity index is 2.38. The van der Waals surface area contributed by atoms with E-state index in [0.29, 0.717) is 5.82 Å². The zero-order valence-electron chi connectivity index (χ0n) is 8.69. The molecule has 1 aliphatic rings. The van der Waals surface area contributed by atoms with Gasteiger partial charge in [-0.05, 0) is 30.9 Å². The lowest BCUT2D eigenvalue weighted by Crippen LogP contribution is -2.20. The number of aromatic nitrogens is 1. The number of aryl methyl sites for hydroxylation is 1. The molecule has 2 N–H and O–H groups in total. The second kappa shape index (κ2) is 3.88. The number of carbonyl (C=O) groups excluding carboxylic acids is 1. The van der Waals surface area contributed by atoms with Crippen LogP contribution in [0.2, 0.25) is 0 Å². The van der Waals surface area contributed by atoms with Gasteiger partial charge in [-0.1, -0.05) is 6.07 Å². The zero-order valence-corrected chi connectivity index (χ0v) is 8.69. The van der Waals surface area contributed by atoms with E-state index in [4.69, 9.17) is 10.5 Å². The normalized spacial score (nSPS) is 19.4. The Morgan fingerprint density at radius 3 is 3.13 bits per heavy atom. The maximum Gasteiger partial charge on any atom is 0.313 e. The topological polar surface area (TPSA) is 65.2 Å². The van der Waals surface area contributed by atoms with Gasteiger partial charge in [0.25, 0.3) is 0 Å². The number of pyridine rings is 1. The van der Waals surface area contributed by atoms with Gasteiger partial charge in [0.1, 0.15) is 5.82 Å². The van der Waals surface area contributed by atoms with E-state index in [2.05, 4.69) is 4.98 Å². The number of carbonyl (C=O) groups is 1. The minimum atomic E-state index is -0.178. The van der Waals surface area contributed by atoms with Crippen molar-refractivity contribution < 1.29 is 9.53 Å². The Kier molecular flexibility index (Phi) is 2.58. The summed E-state index contributed by atoms with van der Waals surface area (Å²) in [5.74, 6) is 0.175. The first kappa shape index (κ1) is 9.96. The molecule has 1 heterocycles. The first-order valence-corrected chi connectivity index (χ1v) is 5.05. The number of nitrogen functional groups attached to an aromatic ring is 1. The average molecular weight is 206 g/mol. The predicted molar refractivity (Wildman–Crippen MR) is 56.3 cm³/mol. The highest BCUT2D eigenvalue weighted by Crippen LogP contribution is 2.31. The number of nitrogens with zero attached hydrogens (tertiary/aromatic N) is 1. The van der Waals surface area contributed by atoms with Crippen molar-refractivity contribution in [1.82, 2.24) is 4.98 Å². The number of methoxy groups -OCH3 is 1. The van der Waals surface area contributed by atoms with Crippen molar-refractivity contribution in [2.45, 2.75) is 25.2 Å². The molecule has 1 aromatic heterocycles. The third-order valence-electron chi connectivity index (χ3n) is 2.80. The Hall–Kier alpha value is -1.58. The van der Waals surface area contributed by atoms with Crippen LogP contribution in [0.4, 0.5) is 5.82 Å². The summed E-state index contributed by atoms with van der Waals surface area (Å²) in [7, 11) is 1.42. The summed E-state index contributed by atoms with van der Waals surface area (Å²) in [6, 6.07) is 3.62. The van der Waals surface area contributed by atoms with E-state index in [9.17, 15) is 4.79 Å². The molecule has 1 aromatic rings. The maximum atomic E-state index is 11.5. The summed E-state index contributed by atoms with van der Waals surface area (Å²) in [6.07, 6.45) is 2.70. The van der Waals surface area contributed by atoms with Crippen LogP contribution in [0.1, 0.15) is 30.0 Å². The molecule has 0 fully saturated rings. The summed E-state index contributed by atoms with van der Waals surface area (Å²) >= 11 is 0. The number of rotatable bonds is 1. The lowest BCUT2D eigenvalue weighted by atomic mass is 9.85. The largest absolute Gasteiger partial charge is 0.469 e. The monoisotopic (exact) mass is 206 g/mol. The Labute approximate surface area is 88.4 Å². The van der Waals surface area contributed by atoms with Crippen LogP contribution >= 0.6 is 0 Å². The van der Waals surface area contributed by atoms with Crippen LogP contribution in [-0.2, 0) is 16.0 Å².